The molecular formula is C13H23N3O. The van der Waals surface area contributed by atoms with E-state index >= 15 is 0 Å². The number of hydrogen-bond donors (Lipinski definition) is 1. The van der Waals surface area contributed by atoms with Crippen LogP contribution in [0.3, 0.4) is 0 Å². The Labute approximate surface area is 104 Å². The van der Waals surface area contributed by atoms with Gasteiger partial charge < -0.3 is 15.4 Å². The summed E-state index contributed by atoms with van der Waals surface area (Å²) in [6, 6.07) is 0. The second-order valence-electron chi connectivity index (χ2n) is 4.72. The number of piperidine rings is 1. The third-order valence-electron chi connectivity index (χ3n) is 3.44. The van der Waals surface area contributed by atoms with Gasteiger partial charge in [0.2, 0.25) is 0 Å². The molecule has 0 spiro atoms. The van der Waals surface area contributed by atoms with Crippen molar-refractivity contribution in [1.82, 2.24) is 4.90 Å². The lowest BCUT2D eigenvalue weighted by Crippen LogP contribution is -2.40. The fourth-order valence-electron chi connectivity index (χ4n) is 2.33. The van der Waals surface area contributed by atoms with Crippen LogP contribution in [0.1, 0.15) is 32.1 Å². The van der Waals surface area contributed by atoms with Crippen LogP contribution >= 0.6 is 0 Å². The van der Waals surface area contributed by atoms with Crippen LogP contribution in [0.5, 0.6) is 0 Å². The molecule has 1 fully saturated rings. The van der Waals surface area contributed by atoms with E-state index in [1.165, 1.54) is 24.8 Å². The first-order valence-electron chi connectivity index (χ1n) is 6.67. The van der Waals surface area contributed by atoms with E-state index < -0.39 is 0 Å². The predicted molar refractivity (Wildman–Crippen MR) is 70.0 cm³/mol. The van der Waals surface area contributed by atoms with Crippen LogP contribution in [0.25, 0.3) is 0 Å². The van der Waals surface area contributed by atoms with Gasteiger partial charge in [-0.3, -0.25) is 4.99 Å². The van der Waals surface area contributed by atoms with Gasteiger partial charge >= 0.3 is 0 Å². The molecule has 2 rings (SSSR count). The highest BCUT2D eigenvalue weighted by Crippen LogP contribution is 2.12. The number of ether oxygens (including phenoxy) is 1. The van der Waals surface area contributed by atoms with Gasteiger partial charge in [-0.15, -0.1) is 0 Å². The van der Waals surface area contributed by atoms with Gasteiger partial charge in [-0.25, -0.2) is 0 Å². The topological polar surface area (TPSA) is 50.9 Å². The predicted octanol–water partition coefficient (Wildman–Crippen LogP) is 1.52. The van der Waals surface area contributed by atoms with E-state index in [1.54, 1.807) is 0 Å². The van der Waals surface area contributed by atoms with Crippen molar-refractivity contribution in [3.05, 3.63) is 11.6 Å². The Hall–Kier alpha value is -1.03. The molecule has 0 amide bonds. The zero-order valence-corrected chi connectivity index (χ0v) is 10.5. The number of nitrogens with two attached hydrogens (primary N) is 1. The van der Waals surface area contributed by atoms with Crippen LogP contribution in [-0.4, -0.2) is 43.7 Å². The van der Waals surface area contributed by atoms with Crippen molar-refractivity contribution in [1.29, 1.82) is 0 Å². The Morgan fingerprint density at radius 3 is 2.88 bits per heavy atom. The molecule has 0 aromatic heterocycles. The molecule has 2 heterocycles. The molecule has 0 bridgehead atoms. The standard InChI is InChI=1S/C13H23N3O/c14-13(16-8-2-1-3-9-16)15-7-4-12-5-10-17-11-6-12/h5H,1-4,6-11H2,(H2,14,15). The van der Waals surface area contributed by atoms with Gasteiger partial charge in [0.15, 0.2) is 5.96 Å². The molecule has 2 N–H and O–H groups in total. The minimum Gasteiger partial charge on any atom is -0.377 e. The molecular weight excluding hydrogens is 214 g/mol. The average molecular weight is 237 g/mol. The van der Waals surface area contributed by atoms with Crippen molar-refractivity contribution in [3.63, 3.8) is 0 Å². The summed E-state index contributed by atoms with van der Waals surface area (Å²) >= 11 is 0. The average Bonchev–Trinajstić information content (AvgIpc) is 2.41. The fourth-order valence-corrected chi connectivity index (χ4v) is 2.33. The van der Waals surface area contributed by atoms with E-state index in [0.29, 0.717) is 0 Å². The molecule has 0 radical (unpaired) electrons. The van der Waals surface area contributed by atoms with Crippen LogP contribution in [-0.2, 0) is 4.74 Å². The molecule has 4 heteroatoms. The first kappa shape index (κ1) is 12.4. The number of likely N-dealkylation sites (tertiary alicyclic amines) is 1. The van der Waals surface area contributed by atoms with Crippen LogP contribution in [0, 0.1) is 0 Å². The number of rotatable bonds is 3. The summed E-state index contributed by atoms with van der Waals surface area (Å²) < 4.78 is 5.28. The smallest absolute Gasteiger partial charge is 0.191 e. The Morgan fingerprint density at radius 1 is 1.35 bits per heavy atom. The van der Waals surface area contributed by atoms with Crippen LogP contribution < -0.4 is 5.73 Å². The first-order chi connectivity index (χ1) is 8.36. The Morgan fingerprint density at radius 2 is 2.18 bits per heavy atom. The Balaban J connectivity index is 1.73. The number of hydrogen-bond acceptors (Lipinski definition) is 2. The highest BCUT2D eigenvalue weighted by Gasteiger charge is 2.11. The van der Waals surface area contributed by atoms with Gasteiger partial charge in [0.1, 0.15) is 0 Å². The number of guanidine groups is 1. The van der Waals surface area contributed by atoms with Crippen LogP contribution in [0.2, 0.25) is 0 Å². The summed E-state index contributed by atoms with van der Waals surface area (Å²) in [5, 5.41) is 0. The first-order valence-corrected chi connectivity index (χ1v) is 6.67. The van der Waals surface area contributed by atoms with Gasteiger partial charge in [0, 0.05) is 19.6 Å². The van der Waals surface area contributed by atoms with E-state index in [9.17, 15) is 0 Å². The van der Waals surface area contributed by atoms with Gasteiger partial charge in [0.25, 0.3) is 0 Å². The minimum absolute atomic E-state index is 0.734. The second kappa shape index (κ2) is 6.64. The zero-order chi connectivity index (χ0) is 11.9. The van der Waals surface area contributed by atoms with Crippen molar-refractivity contribution in [2.24, 2.45) is 10.7 Å². The van der Waals surface area contributed by atoms with E-state index in [4.69, 9.17) is 10.5 Å². The molecule has 2 aliphatic rings. The van der Waals surface area contributed by atoms with Crippen LogP contribution in [0.15, 0.2) is 16.6 Å². The lowest BCUT2D eigenvalue weighted by Gasteiger charge is -2.27. The summed E-state index contributed by atoms with van der Waals surface area (Å²) in [5.74, 6) is 0.734. The number of aliphatic imine (C=N–C) groups is 1. The molecule has 2 aliphatic heterocycles. The van der Waals surface area contributed by atoms with Gasteiger partial charge in [-0.2, -0.15) is 0 Å². The monoisotopic (exact) mass is 237 g/mol. The molecule has 0 atom stereocenters. The third-order valence-corrected chi connectivity index (χ3v) is 3.44. The molecule has 96 valence electrons. The van der Waals surface area contributed by atoms with Crippen molar-refractivity contribution in [3.8, 4) is 0 Å². The Kier molecular flexibility index (Phi) is 4.86. The highest BCUT2D eigenvalue weighted by molar-refractivity contribution is 5.78. The summed E-state index contributed by atoms with van der Waals surface area (Å²) in [7, 11) is 0. The number of nitrogens with zero attached hydrogens (tertiary/aromatic N) is 2. The second-order valence-corrected chi connectivity index (χ2v) is 4.72. The summed E-state index contributed by atoms with van der Waals surface area (Å²) in [6.45, 7) is 4.59. The maximum absolute atomic E-state index is 6.00. The van der Waals surface area contributed by atoms with Crippen molar-refractivity contribution >= 4 is 5.96 Å². The Bertz CT molecular complexity index is 293. The minimum atomic E-state index is 0.734. The summed E-state index contributed by atoms with van der Waals surface area (Å²) in [6.07, 6.45) is 8.08. The lowest BCUT2D eigenvalue weighted by atomic mass is 10.1. The maximum atomic E-state index is 6.00. The van der Waals surface area contributed by atoms with Crippen molar-refractivity contribution < 1.29 is 4.74 Å². The van der Waals surface area contributed by atoms with E-state index in [0.717, 1.165) is 51.6 Å². The molecule has 0 aromatic carbocycles. The van der Waals surface area contributed by atoms with E-state index in [1.807, 2.05) is 0 Å². The highest BCUT2D eigenvalue weighted by atomic mass is 16.5. The van der Waals surface area contributed by atoms with Crippen LogP contribution in [0.4, 0.5) is 0 Å². The lowest BCUT2D eigenvalue weighted by molar-refractivity contribution is 0.153. The van der Waals surface area contributed by atoms with E-state index in [2.05, 4.69) is 16.0 Å². The largest absolute Gasteiger partial charge is 0.377 e. The summed E-state index contributed by atoms with van der Waals surface area (Å²) in [4.78, 5) is 6.69. The van der Waals surface area contributed by atoms with Gasteiger partial charge in [0.05, 0.1) is 13.2 Å². The molecule has 0 unspecified atom stereocenters. The van der Waals surface area contributed by atoms with Crippen molar-refractivity contribution in [2.75, 3.05) is 32.8 Å². The maximum Gasteiger partial charge on any atom is 0.191 e. The van der Waals surface area contributed by atoms with E-state index in [-0.39, 0.29) is 0 Å². The van der Waals surface area contributed by atoms with Crippen molar-refractivity contribution in [2.45, 2.75) is 32.1 Å². The van der Waals surface area contributed by atoms with Gasteiger partial charge in [-0.1, -0.05) is 11.6 Å². The molecule has 0 saturated carbocycles. The quantitative estimate of drug-likeness (QED) is 0.460. The zero-order valence-electron chi connectivity index (χ0n) is 10.5. The SMILES string of the molecule is NC(=NCCC1=CCOCC1)N1CCCCC1. The molecule has 4 nitrogen and oxygen atoms in total. The molecule has 17 heavy (non-hydrogen) atoms. The normalized spacial score (nSPS) is 22.5. The fraction of sp³-hybridized carbons (Fsp3) is 0.769. The van der Waals surface area contributed by atoms with Gasteiger partial charge in [-0.05, 0) is 32.1 Å². The third kappa shape index (κ3) is 4.04. The summed E-state index contributed by atoms with van der Waals surface area (Å²) in [5.41, 5.74) is 7.46. The molecule has 1 saturated heterocycles. The molecule has 0 aromatic rings. The molecule has 0 aliphatic carbocycles.